The van der Waals surface area contributed by atoms with Gasteiger partial charge in [0.1, 0.15) is 41.0 Å². The molecule has 2 N–H and O–H groups in total. The summed E-state index contributed by atoms with van der Waals surface area (Å²) in [4.78, 5) is 73.3. The number of halogens is 3. The van der Waals surface area contributed by atoms with E-state index < -0.39 is 76.6 Å². The largest absolute Gasteiger partial charge is 0.444 e. The zero-order chi connectivity index (χ0) is 52.2. The monoisotopic (exact) mass is 1010 g/mol. The van der Waals surface area contributed by atoms with Gasteiger partial charge < -0.3 is 43.7 Å². The Labute approximate surface area is 416 Å². The van der Waals surface area contributed by atoms with Crippen molar-refractivity contribution in [1.29, 1.82) is 0 Å². The Hall–Kier alpha value is -6.49. The van der Waals surface area contributed by atoms with Crippen molar-refractivity contribution < 1.29 is 61.2 Å². The van der Waals surface area contributed by atoms with Crippen LogP contribution in [-0.4, -0.2) is 158 Å². The molecule has 22 heteroatoms. The molecule has 0 spiro atoms. The molecule has 6 rings (SSSR count). The van der Waals surface area contributed by atoms with Gasteiger partial charge in [0, 0.05) is 67.8 Å². The number of benzene rings is 2. The molecular formula is C50H64F3N9O10. The van der Waals surface area contributed by atoms with Gasteiger partial charge in [-0.2, -0.15) is 0 Å². The van der Waals surface area contributed by atoms with Crippen LogP contribution < -0.4 is 5.32 Å². The molecule has 2 aromatic heterocycles. The van der Waals surface area contributed by atoms with Gasteiger partial charge in [-0.15, -0.1) is 5.10 Å². The number of likely N-dealkylation sites (tertiary alicyclic amines) is 1. The third-order valence-electron chi connectivity index (χ3n) is 11.8. The third kappa shape index (κ3) is 15.3. The quantitative estimate of drug-likeness (QED) is 0.0686. The SMILES string of the molecule is CC(O)C(=O)N(CC1CN(C(=O)OC(C)(C)C)CC1F)C(c1nc(-c2cc(F)ccc2F)cn1Cc1ccccc1)C(C)(C)CC(=O)NCCOCCOCCOCCn1cc(CN2C(=O)C=CC2=O)nn1. The fraction of sp³-hybridized carbons (Fsp3) is 0.520. The summed E-state index contributed by atoms with van der Waals surface area (Å²) >= 11 is 0. The Morgan fingerprint density at radius 1 is 0.889 bits per heavy atom. The molecule has 2 aliphatic heterocycles. The number of ether oxygens (including phenoxy) is 4. The number of alkyl halides is 1. The molecule has 0 radical (unpaired) electrons. The molecule has 4 atom stereocenters. The van der Waals surface area contributed by atoms with Crippen LogP contribution in [0.4, 0.5) is 18.0 Å². The normalized spacial score (nSPS) is 16.9. The van der Waals surface area contributed by atoms with Crippen LogP contribution in [0.25, 0.3) is 11.3 Å². The molecule has 1 saturated heterocycles. The maximum absolute atomic E-state index is 16.1. The Kier molecular flexibility index (Phi) is 18.9. The number of nitrogens with one attached hydrogen (secondary N) is 1. The second-order valence-corrected chi connectivity index (χ2v) is 19.4. The molecule has 2 aliphatic rings. The van der Waals surface area contributed by atoms with Crippen molar-refractivity contribution >= 4 is 29.7 Å². The Morgan fingerprint density at radius 2 is 1.56 bits per heavy atom. The minimum Gasteiger partial charge on any atom is -0.444 e. The molecule has 19 nitrogen and oxygen atoms in total. The number of amides is 5. The number of carbonyl (C=O) groups excluding carboxylic acids is 5. The molecule has 4 unspecified atom stereocenters. The van der Waals surface area contributed by atoms with Crippen molar-refractivity contribution in [2.24, 2.45) is 11.3 Å². The standard InChI is InChI=1S/C50H64F3N9O10/c1-33(63)47(67)62(28-35-27-59(31-40(35)53)48(68)72-49(2,3)4)45(46-55-41(38-24-36(51)12-13-39(38)52)32-58(46)26-34-10-8-7-9-11-34)50(5,6)25-42(64)54-16-18-69-20-22-71-23-21-70-19-17-60-29-37(56-57-60)30-61-43(65)14-15-44(61)66/h7-15,24,29,32-33,35,40,45,63H,16-23,25-28,30-31H2,1-6H3,(H,54,64). The van der Waals surface area contributed by atoms with E-state index in [2.05, 4.69) is 15.6 Å². The van der Waals surface area contributed by atoms with E-state index in [1.165, 1.54) is 35.1 Å². The van der Waals surface area contributed by atoms with Crippen LogP contribution in [0.1, 0.15) is 71.1 Å². The lowest BCUT2D eigenvalue weighted by Gasteiger charge is -2.43. The highest BCUT2D eigenvalue weighted by Crippen LogP contribution is 2.43. The number of aliphatic hydroxyl groups is 1. The highest BCUT2D eigenvalue weighted by molar-refractivity contribution is 6.12. The predicted octanol–water partition coefficient (Wildman–Crippen LogP) is 4.63. The first kappa shape index (κ1) is 54.8. The number of aliphatic hydroxyl groups excluding tert-OH is 1. The van der Waals surface area contributed by atoms with Crippen LogP contribution in [0.5, 0.6) is 0 Å². The maximum Gasteiger partial charge on any atom is 0.410 e. The van der Waals surface area contributed by atoms with E-state index in [1.54, 1.807) is 50.1 Å². The van der Waals surface area contributed by atoms with Gasteiger partial charge in [-0.05, 0) is 51.5 Å². The number of imidazole rings is 1. The first-order valence-corrected chi connectivity index (χ1v) is 23.8. The van der Waals surface area contributed by atoms with E-state index in [-0.39, 0.29) is 89.2 Å². The van der Waals surface area contributed by atoms with Gasteiger partial charge in [0.05, 0.1) is 77.2 Å². The van der Waals surface area contributed by atoms with Crippen molar-refractivity contribution in [1.82, 2.24) is 44.6 Å². The summed E-state index contributed by atoms with van der Waals surface area (Å²) in [5, 5.41) is 21.8. The van der Waals surface area contributed by atoms with E-state index in [4.69, 9.17) is 23.9 Å². The number of hydrogen-bond acceptors (Lipinski definition) is 13. The Bertz CT molecular complexity index is 2510. The summed E-state index contributed by atoms with van der Waals surface area (Å²) in [5.41, 5.74) is -0.956. The average molecular weight is 1010 g/mol. The van der Waals surface area contributed by atoms with Crippen molar-refractivity contribution in [3.05, 3.63) is 102 Å². The molecular weight excluding hydrogens is 944 g/mol. The molecule has 4 aromatic rings. The summed E-state index contributed by atoms with van der Waals surface area (Å²) in [5.74, 6) is -4.29. The van der Waals surface area contributed by atoms with Gasteiger partial charge in [-0.1, -0.05) is 49.4 Å². The number of hydrogen-bond donors (Lipinski definition) is 2. The second kappa shape index (κ2) is 24.8. The van der Waals surface area contributed by atoms with E-state index in [0.29, 0.717) is 25.5 Å². The van der Waals surface area contributed by atoms with E-state index >= 15 is 8.78 Å². The fourth-order valence-electron chi connectivity index (χ4n) is 8.39. The minimum atomic E-state index is -1.60. The molecule has 2 aromatic carbocycles. The molecule has 5 amide bonds. The van der Waals surface area contributed by atoms with Crippen molar-refractivity contribution in [3.8, 4) is 11.3 Å². The van der Waals surface area contributed by atoms with E-state index in [0.717, 1.165) is 28.7 Å². The summed E-state index contributed by atoms with van der Waals surface area (Å²) in [7, 11) is 0. The first-order valence-electron chi connectivity index (χ1n) is 23.8. The van der Waals surface area contributed by atoms with Gasteiger partial charge in [-0.25, -0.2) is 27.6 Å². The van der Waals surface area contributed by atoms with Crippen LogP contribution in [0.15, 0.2) is 73.1 Å². The van der Waals surface area contributed by atoms with Crippen LogP contribution in [0.3, 0.4) is 0 Å². The van der Waals surface area contributed by atoms with Crippen LogP contribution in [0.2, 0.25) is 0 Å². The van der Waals surface area contributed by atoms with Crippen LogP contribution in [-0.2, 0) is 57.8 Å². The third-order valence-corrected chi connectivity index (χ3v) is 11.8. The molecule has 0 bridgehead atoms. The zero-order valence-electron chi connectivity index (χ0n) is 41.5. The smallest absolute Gasteiger partial charge is 0.410 e. The van der Waals surface area contributed by atoms with Gasteiger partial charge in [-0.3, -0.25) is 24.1 Å². The van der Waals surface area contributed by atoms with E-state index in [9.17, 15) is 33.5 Å². The minimum absolute atomic E-state index is 0.0294. The summed E-state index contributed by atoms with van der Waals surface area (Å²) in [6.07, 6.45) is 1.43. The Balaban J connectivity index is 1.09. The molecule has 72 heavy (non-hydrogen) atoms. The highest BCUT2D eigenvalue weighted by Gasteiger charge is 2.47. The van der Waals surface area contributed by atoms with Gasteiger partial charge in [0.25, 0.3) is 17.7 Å². The van der Waals surface area contributed by atoms with Gasteiger partial charge >= 0.3 is 6.09 Å². The average Bonchev–Trinajstić information content (AvgIpc) is 4.11. The van der Waals surface area contributed by atoms with Crippen molar-refractivity contribution in [2.45, 2.75) is 91.5 Å². The van der Waals surface area contributed by atoms with Gasteiger partial charge in [0.2, 0.25) is 5.91 Å². The number of rotatable bonds is 25. The lowest BCUT2D eigenvalue weighted by Crippen LogP contribution is -2.50. The van der Waals surface area contributed by atoms with Crippen molar-refractivity contribution in [2.75, 3.05) is 65.8 Å². The maximum atomic E-state index is 16.1. The van der Waals surface area contributed by atoms with Crippen LogP contribution >= 0.6 is 0 Å². The topological polar surface area (TPSA) is 213 Å². The fourth-order valence-corrected chi connectivity index (χ4v) is 8.39. The molecule has 390 valence electrons. The molecule has 0 saturated carbocycles. The molecule has 4 heterocycles. The number of nitrogens with zero attached hydrogens (tertiary/aromatic N) is 8. The van der Waals surface area contributed by atoms with Crippen molar-refractivity contribution in [3.63, 3.8) is 0 Å². The number of imide groups is 1. The van der Waals surface area contributed by atoms with E-state index in [1.807, 2.05) is 30.3 Å². The second-order valence-electron chi connectivity index (χ2n) is 19.4. The summed E-state index contributed by atoms with van der Waals surface area (Å²) in [6, 6.07) is 11.0. The van der Waals surface area contributed by atoms with Gasteiger partial charge in [0.15, 0.2) is 0 Å². The lowest BCUT2D eigenvalue weighted by atomic mass is 9.78. The molecule has 1 fully saturated rings. The first-order chi connectivity index (χ1) is 34.2. The van der Waals surface area contributed by atoms with Crippen LogP contribution in [0, 0.1) is 23.0 Å². The summed E-state index contributed by atoms with van der Waals surface area (Å²) < 4.78 is 71.8. The Morgan fingerprint density at radius 3 is 2.22 bits per heavy atom. The molecule has 0 aliphatic carbocycles. The lowest BCUT2D eigenvalue weighted by molar-refractivity contribution is -0.147. The predicted molar refractivity (Wildman–Crippen MR) is 254 cm³/mol. The highest BCUT2D eigenvalue weighted by atomic mass is 19.1. The zero-order valence-corrected chi connectivity index (χ0v) is 41.5. The summed E-state index contributed by atoms with van der Waals surface area (Å²) in [6.45, 7) is 11.3. The number of aromatic nitrogens is 5. The number of carbonyl (C=O) groups is 5.